The number of anilines is 2. The Morgan fingerprint density at radius 3 is 2.91 bits per heavy atom. The molecule has 0 saturated carbocycles. The van der Waals surface area contributed by atoms with Gasteiger partial charge >= 0.3 is 6.09 Å². The first kappa shape index (κ1) is 20.0. The third kappa shape index (κ3) is 3.76. The summed E-state index contributed by atoms with van der Waals surface area (Å²) in [7, 11) is 4.07. The number of nitrogens with zero attached hydrogens (tertiary/aromatic N) is 5. The Labute approximate surface area is 184 Å². The third-order valence-corrected chi connectivity index (χ3v) is 5.63. The van der Waals surface area contributed by atoms with Gasteiger partial charge in [0.05, 0.1) is 17.1 Å². The summed E-state index contributed by atoms with van der Waals surface area (Å²) >= 11 is 0. The summed E-state index contributed by atoms with van der Waals surface area (Å²) in [6.45, 7) is 1.64. The lowest BCUT2D eigenvalue weighted by Crippen LogP contribution is -2.33. The fourth-order valence-corrected chi connectivity index (χ4v) is 4.11. The zero-order chi connectivity index (χ0) is 22.2. The molecule has 0 saturated heterocycles. The summed E-state index contributed by atoms with van der Waals surface area (Å²) in [4.78, 5) is 26.9. The Bertz CT molecular complexity index is 1340. The molecule has 0 atom stereocenters. The van der Waals surface area contributed by atoms with Gasteiger partial charge < -0.3 is 25.2 Å². The summed E-state index contributed by atoms with van der Waals surface area (Å²) < 4.78 is 0. The van der Waals surface area contributed by atoms with Crippen LogP contribution < -0.4 is 5.32 Å². The maximum absolute atomic E-state index is 11.2. The number of aromatic nitrogens is 5. The van der Waals surface area contributed by atoms with Crippen molar-refractivity contribution in [3.8, 4) is 0 Å². The first-order chi connectivity index (χ1) is 15.5. The minimum atomic E-state index is -0.891. The van der Waals surface area contributed by atoms with Crippen molar-refractivity contribution < 1.29 is 9.90 Å². The zero-order valence-electron chi connectivity index (χ0n) is 17.9. The summed E-state index contributed by atoms with van der Waals surface area (Å²) in [6, 6.07) is 6.17. The first-order valence-electron chi connectivity index (χ1n) is 10.4. The maximum Gasteiger partial charge on any atom is 0.407 e. The normalized spacial score (nSPS) is 14.3. The average molecular weight is 432 g/mol. The molecule has 1 aromatic carbocycles. The van der Waals surface area contributed by atoms with Gasteiger partial charge in [-0.15, -0.1) is 0 Å². The van der Waals surface area contributed by atoms with Gasteiger partial charge in [0.1, 0.15) is 17.8 Å². The largest absolute Gasteiger partial charge is 0.465 e. The molecule has 1 aliphatic heterocycles. The predicted molar refractivity (Wildman–Crippen MR) is 123 cm³/mol. The number of carbonyl (C=O) groups is 1. The average Bonchev–Trinajstić information content (AvgIpc) is 3.41. The van der Waals surface area contributed by atoms with E-state index in [1.165, 1.54) is 11.2 Å². The van der Waals surface area contributed by atoms with E-state index in [1.807, 2.05) is 38.5 Å². The molecule has 4 heterocycles. The summed E-state index contributed by atoms with van der Waals surface area (Å²) in [6.07, 6.45) is 5.06. The topological polar surface area (TPSA) is 126 Å². The van der Waals surface area contributed by atoms with Crippen LogP contribution in [0.4, 0.5) is 16.3 Å². The Kier molecular flexibility index (Phi) is 4.98. The van der Waals surface area contributed by atoms with Gasteiger partial charge in [-0.2, -0.15) is 5.10 Å². The molecule has 1 amide bonds. The number of rotatable bonds is 5. The third-order valence-electron chi connectivity index (χ3n) is 5.63. The maximum atomic E-state index is 11.2. The highest BCUT2D eigenvalue weighted by Gasteiger charge is 2.19. The van der Waals surface area contributed by atoms with E-state index in [2.05, 4.69) is 41.4 Å². The van der Waals surface area contributed by atoms with Crippen LogP contribution >= 0.6 is 0 Å². The molecule has 0 fully saturated rings. The minimum absolute atomic E-state index is 0.385. The van der Waals surface area contributed by atoms with Crippen molar-refractivity contribution in [3.63, 3.8) is 0 Å². The van der Waals surface area contributed by atoms with Crippen LogP contribution in [0.1, 0.15) is 17.7 Å². The fourth-order valence-electron chi connectivity index (χ4n) is 4.11. The number of carboxylic acid groups (broad SMARTS) is 1. The molecule has 5 rings (SSSR count). The molecular formula is C22H24N8O2. The van der Waals surface area contributed by atoms with Crippen molar-refractivity contribution in [3.05, 3.63) is 48.1 Å². The standard InChI is InChI=1S/C22H24N8O2/c1-29(2)11-15-8-16(7-14-10-25-28-19(14)15)26-20-17-9-18(27-21(17)24-12-23-20)13-3-5-30(6-4-13)22(31)32/h3,7-10,12H,4-6,11H2,1-2H3,(H,25,28)(H,31,32)(H2,23,24,26,27). The highest BCUT2D eigenvalue weighted by Crippen LogP contribution is 2.30. The number of H-pyrrole nitrogens is 2. The lowest BCUT2D eigenvalue weighted by molar-refractivity contribution is 0.150. The summed E-state index contributed by atoms with van der Waals surface area (Å²) in [5.74, 6) is 0.708. The van der Waals surface area contributed by atoms with Gasteiger partial charge in [0.15, 0.2) is 0 Å². The van der Waals surface area contributed by atoms with E-state index in [4.69, 9.17) is 5.11 Å². The number of hydrogen-bond acceptors (Lipinski definition) is 6. The number of hydrogen-bond donors (Lipinski definition) is 4. The highest BCUT2D eigenvalue weighted by molar-refractivity contribution is 5.93. The van der Waals surface area contributed by atoms with Crippen molar-refractivity contribution >= 4 is 45.1 Å². The molecule has 1 aliphatic rings. The van der Waals surface area contributed by atoms with Crippen molar-refractivity contribution in [2.45, 2.75) is 13.0 Å². The molecule has 0 bridgehead atoms. The lowest BCUT2D eigenvalue weighted by Gasteiger charge is -2.23. The molecule has 0 unspecified atom stereocenters. The minimum Gasteiger partial charge on any atom is -0.465 e. The number of amides is 1. The molecule has 10 heteroatoms. The zero-order valence-corrected chi connectivity index (χ0v) is 17.9. The Hall–Kier alpha value is -3.92. The molecule has 32 heavy (non-hydrogen) atoms. The number of benzene rings is 1. The smallest absolute Gasteiger partial charge is 0.407 e. The second-order valence-electron chi connectivity index (χ2n) is 8.21. The Morgan fingerprint density at radius 2 is 2.16 bits per heavy atom. The second kappa shape index (κ2) is 7.97. The van der Waals surface area contributed by atoms with Gasteiger partial charge in [-0.1, -0.05) is 6.08 Å². The molecule has 4 aromatic rings. The van der Waals surface area contributed by atoms with E-state index in [9.17, 15) is 4.79 Å². The van der Waals surface area contributed by atoms with Crippen molar-refractivity contribution in [1.29, 1.82) is 0 Å². The lowest BCUT2D eigenvalue weighted by atomic mass is 10.1. The van der Waals surface area contributed by atoms with Crippen molar-refractivity contribution in [2.24, 2.45) is 0 Å². The van der Waals surface area contributed by atoms with Gasteiger partial charge in [-0.05, 0) is 49.9 Å². The van der Waals surface area contributed by atoms with Gasteiger partial charge in [0.2, 0.25) is 0 Å². The number of aromatic amines is 2. The van der Waals surface area contributed by atoms with Crippen LogP contribution in [0.5, 0.6) is 0 Å². The van der Waals surface area contributed by atoms with E-state index in [0.29, 0.717) is 25.3 Å². The molecule has 0 aliphatic carbocycles. The van der Waals surface area contributed by atoms with Gasteiger partial charge in [-0.3, -0.25) is 5.10 Å². The van der Waals surface area contributed by atoms with E-state index < -0.39 is 6.09 Å². The van der Waals surface area contributed by atoms with Gasteiger partial charge in [-0.25, -0.2) is 14.8 Å². The van der Waals surface area contributed by atoms with Crippen LogP contribution in [0, 0.1) is 0 Å². The predicted octanol–water partition coefficient (Wildman–Crippen LogP) is 3.41. The molecule has 10 nitrogen and oxygen atoms in total. The highest BCUT2D eigenvalue weighted by atomic mass is 16.4. The van der Waals surface area contributed by atoms with Crippen LogP contribution in [-0.4, -0.2) is 73.3 Å². The fraction of sp³-hybridized carbons (Fsp3) is 0.273. The molecule has 0 radical (unpaired) electrons. The molecule has 4 N–H and O–H groups in total. The monoisotopic (exact) mass is 432 g/mol. The van der Waals surface area contributed by atoms with Gasteiger partial charge in [0.25, 0.3) is 0 Å². The van der Waals surface area contributed by atoms with Crippen LogP contribution in [0.2, 0.25) is 0 Å². The quantitative estimate of drug-likeness (QED) is 0.381. The Balaban J connectivity index is 1.47. The van der Waals surface area contributed by atoms with E-state index in [-0.39, 0.29) is 0 Å². The van der Waals surface area contributed by atoms with Crippen LogP contribution in [-0.2, 0) is 6.54 Å². The van der Waals surface area contributed by atoms with Crippen LogP contribution in [0.25, 0.3) is 27.5 Å². The summed E-state index contributed by atoms with van der Waals surface area (Å²) in [5, 5.41) is 21.8. The number of nitrogens with one attached hydrogen (secondary N) is 3. The molecule has 3 aromatic heterocycles. The van der Waals surface area contributed by atoms with Crippen molar-refractivity contribution in [2.75, 3.05) is 32.5 Å². The second-order valence-corrected chi connectivity index (χ2v) is 8.21. The Morgan fingerprint density at radius 1 is 1.28 bits per heavy atom. The van der Waals surface area contributed by atoms with E-state index >= 15 is 0 Å². The van der Waals surface area contributed by atoms with Crippen molar-refractivity contribution in [1.82, 2.24) is 34.9 Å². The van der Waals surface area contributed by atoms with Crippen LogP contribution in [0.15, 0.2) is 36.8 Å². The molecule has 0 spiro atoms. The molecule has 164 valence electrons. The van der Waals surface area contributed by atoms with Gasteiger partial charge in [0, 0.05) is 36.4 Å². The SMILES string of the molecule is CN(C)Cc1cc(Nc2ncnc3[nH]c(C4=CCN(C(=O)O)CC4)cc23)cc2cn[nH]c12. The molecular weight excluding hydrogens is 408 g/mol. The van der Waals surface area contributed by atoms with E-state index in [1.54, 1.807) is 0 Å². The number of fused-ring (bicyclic) bond motifs is 2. The van der Waals surface area contributed by atoms with Crippen LogP contribution in [0.3, 0.4) is 0 Å². The summed E-state index contributed by atoms with van der Waals surface area (Å²) in [5.41, 5.74) is 5.85. The first-order valence-corrected chi connectivity index (χ1v) is 10.4. The van der Waals surface area contributed by atoms with E-state index in [0.717, 1.165) is 51.0 Å².